The maximum absolute atomic E-state index is 13.4. The second-order valence-electron chi connectivity index (χ2n) is 7.52. The van der Waals surface area contributed by atoms with Gasteiger partial charge in [0.25, 0.3) is 6.23 Å². The number of rotatable bonds is 4. The van der Waals surface area contributed by atoms with Crippen LogP contribution in [0.2, 0.25) is 15.1 Å². The summed E-state index contributed by atoms with van der Waals surface area (Å²) < 4.78 is 11.4. The number of fused-ring (bicyclic) bond motifs is 3. The van der Waals surface area contributed by atoms with Gasteiger partial charge in [-0.1, -0.05) is 34.8 Å². The highest BCUT2D eigenvalue weighted by Crippen LogP contribution is 2.47. The maximum Gasteiger partial charge on any atom is 0.251 e. The zero-order chi connectivity index (χ0) is 22.4. The van der Waals surface area contributed by atoms with Crippen molar-refractivity contribution in [3.8, 4) is 11.5 Å². The molecule has 3 aromatic rings. The number of nitrogens with zero attached hydrogens (tertiary/aromatic N) is 2. The molecule has 0 spiro atoms. The lowest BCUT2D eigenvalue weighted by molar-refractivity contribution is -0.00447. The Labute approximate surface area is 200 Å². The van der Waals surface area contributed by atoms with Crippen molar-refractivity contribution in [1.82, 2.24) is 5.01 Å². The predicted octanol–water partition coefficient (Wildman–Crippen LogP) is 6.41. The van der Waals surface area contributed by atoms with E-state index in [2.05, 4.69) is 0 Å². The van der Waals surface area contributed by atoms with Crippen molar-refractivity contribution in [3.63, 3.8) is 0 Å². The van der Waals surface area contributed by atoms with Crippen LogP contribution in [0.15, 0.2) is 65.8 Å². The molecule has 0 unspecified atom stereocenters. The Morgan fingerprint density at radius 1 is 1.03 bits per heavy atom. The van der Waals surface area contributed by atoms with Gasteiger partial charge in [-0.15, -0.1) is 0 Å². The van der Waals surface area contributed by atoms with Gasteiger partial charge in [0.15, 0.2) is 0 Å². The summed E-state index contributed by atoms with van der Waals surface area (Å²) in [7, 11) is 1.62. The fraction of sp³-hybridized carbons (Fsp3) is 0.167. The first-order chi connectivity index (χ1) is 15.4. The molecule has 0 saturated carbocycles. The number of hydrogen-bond donors (Lipinski definition) is 0. The molecule has 0 radical (unpaired) electrons. The Morgan fingerprint density at radius 2 is 1.75 bits per heavy atom. The van der Waals surface area contributed by atoms with E-state index in [4.69, 9.17) is 49.4 Å². The van der Waals surface area contributed by atoms with Crippen LogP contribution < -0.4 is 9.47 Å². The number of ketones is 1. The lowest BCUT2D eigenvalue weighted by atomic mass is 9.95. The third kappa shape index (κ3) is 3.71. The number of Topliss-reactive ketones (excluding diaryl/α,β-unsaturated/α-hetero) is 1. The summed E-state index contributed by atoms with van der Waals surface area (Å²) in [6, 6.07) is 17.5. The summed E-state index contributed by atoms with van der Waals surface area (Å²) in [5.41, 5.74) is 3.04. The van der Waals surface area contributed by atoms with Crippen molar-refractivity contribution in [1.29, 1.82) is 0 Å². The Hall–Kier alpha value is -2.73. The molecule has 0 fully saturated rings. The minimum atomic E-state index is -0.969. The SMILES string of the molecule is COc1ccc(C2=NN3[C@@H](C(=O)c4ccc(Cl)cc4)Oc4c(Cl)cc(Cl)cc4[C@H]3C2)cc1. The molecule has 0 saturated heterocycles. The standard InChI is InChI=1S/C24H17Cl3N2O3/c1-31-17-8-4-13(5-9-17)20-12-21-18-10-16(26)11-19(27)23(18)32-24(29(21)28-20)22(30)14-2-6-15(25)7-3-14/h2-11,21,24H,12H2,1H3/t21-,24-/m1/s1. The van der Waals surface area contributed by atoms with E-state index in [1.54, 1.807) is 42.5 Å². The van der Waals surface area contributed by atoms with Crippen molar-refractivity contribution < 1.29 is 14.3 Å². The lowest BCUT2D eigenvalue weighted by Gasteiger charge is -2.37. The molecule has 0 aliphatic carbocycles. The van der Waals surface area contributed by atoms with Crippen LogP contribution in [0, 0.1) is 0 Å². The fourth-order valence-electron chi connectivity index (χ4n) is 4.00. The average molecular weight is 488 g/mol. The summed E-state index contributed by atoms with van der Waals surface area (Å²) in [5, 5.41) is 7.90. The molecular formula is C24H17Cl3N2O3. The molecule has 2 aliphatic rings. The average Bonchev–Trinajstić information content (AvgIpc) is 3.25. The zero-order valence-electron chi connectivity index (χ0n) is 16.9. The summed E-state index contributed by atoms with van der Waals surface area (Å²) in [4.78, 5) is 13.4. The Kier molecular flexibility index (Phi) is 5.49. The van der Waals surface area contributed by atoms with E-state index in [0.717, 1.165) is 22.6 Å². The highest BCUT2D eigenvalue weighted by atomic mass is 35.5. The molecule has 3 aromatic carbocycles. The van der Waals surface area contributed by atoms with Crippen molar-refractivity contribution in [2.24, 2.45) is 5.10 Å². The van der Waals surface area contributed by atoms with Crippen LogP contribution in [-0.4, -0.2) is 29.8 Å². The number of carbonyl (C=O) groups excluding carboxylic acids is 1. The molecule has 0 amide bonds. The molecule has 2 aliphatic heterocycles. The minimum absolute atomic E-state index is 0.233. The van der Waals surface area contributed by atoms with E-state index >= 15 is 0 Å². The van der Waals surface area contributed by atoms with Gasteiger partial charge in [-0.2, -0.15) is 5.10 Å². The van der Waals surface area contributed by atoms with Crippen LogP contribution in [0.25, 0.3) is 0 Å². The highest BCUT2D eigenvalue weighted by Gasteiger charge is 2.44. The van der Waals surface area contributed by atoms with Crippen LogP contribution in [-0.2, 0) is 0 Å². The first kappa shape index (κ1) is 21.1. The molecule has 0 N–H and O–H groups in total. The summed E-state index contributed by atoms with van der Waals surface area (Å²) in [6.45, 7) is 0. The van der Waals surface area contributed by atoms with E-state index < -0.39 is 6.23 Å². The van der Waals surface area contributed by atoms with E-state index in [0.29, 0.717) is 32.8 Å². The number of ether oxygens (including phenoxy) is 2. The van der Waals surface area contributed by atoms with Gasteiger partial charge < -0.3 is 9.47 Å². The molecule has 5 nitrogen and oxygen atoms in total. The van der Waals surface area contributed by atoms with Gasteiger partial charge in [0.05, 0.1) is 23.9 Å². The molecular weight excluding hydrogens is 471 g/mol. The molecule has 5 rings (SSSR count). The van der Waals surface area contributed by atoms with Crippen molar-refractivity contribution >= 4 is 46.3 Å². The van der Waals surface area contributed by atoms with Crippen LogP contribution in [0.5, 0.6) is 11.5 Å². The van der Waals surface area contributed by atoms with Gasteiger partial charge in [-0.3, -0.25) is 4.79 Å². The zero-order valence-corrected chi connectivity index (χ0v) is 19.2. The number of hydrazone groups is 1. The molecule has 162 valence electrons. The van der Waals surface area contributed by atoms with Crippen LogP contribution >= 0.6 is 34.8 Å². The minimum Gasteiger partial charge on any atom is -0.497 e. The monoisotopic (exact) mass is 486 g/mol. The Morgan fingerprint density at radius 3 is 2.44 bits per heavy atom. The van der Waals surface area contributed by atoms with E-state index in [-0.39, 0.29) is 11.8 Å². The quantitative estimate of drug-likeness (QED) is 0.399. The van der Waals surface area contributed by atoms with E-state index in [1.165, 1.54) is 0 Å². The molecule has 0 aromatic heterocycles. The van der Waals surface area contributed by atoms with E-state index in [1.807, 2.05) is 30.3 Å². The number of methoxy groups -OCH3 is 1. The topological polar surface area (TPSA) is 51.1 Å². The fourth-order valence-corrected chi connectivity index (χ4v) is 4.68. The molecule has 2 atom stereocenters. The molecule has 2 heterocycles. The molecule has 0 bridgehead atoms. The second kappa shape index (κ2) is 8.32. The predicted molar refractivity (Wildman–Crippen MR) is 125 cm³/mol. The first-order valence-electron chi connectivity index (χ1n) is 9.90. The smallest absolute Gasteiger partial charge is 0.251 e. The van der Waals surface area contributed by atoms with Gasteiger partial charge in [-0.25, -0.2) is 5.01 Å². The second-order valence-corrected chi connectivity index (χ2v) is 8.80. The van der Waals surface area contributed by atoms with Crippen molar-refractivity contribution in [2.75, 3.05) is 7.11 Å². The van der Waals surface area contributed by atoms with E-state index in [9.17, 15) is 4.79 Å². The van der Waals surface area contributed by atoms with Crippen LogP contribution in [0.1, 0.15) is 33.9 Å². The van der Waals surface area contributed by atoms with Crippen molar-refractivity contribution in [3.05, 3.63) is 92.4 Å². The number of halogens is 3. The number of hydrogen-bond acceptors (Lipinski definition) is 5. The van der Waals surface area contributed by atoms with Crippen LogP contribution in [0.4, 0.5) is 0 Å². The normalized spacial score (nSPS) is 19.0. The third-order valence-electron chi connectivity index (χ3n) is 5.58. The number of carbonyl (C=O) groups is 1. The first-order valence-corrected chi connectivity index (χ1v) is 11.0. The van der Waals surface area contributed by atoms with Gasteiger partial charge in [0, 0.05) is 27.6 Å². The summed E-state index contributed by atoms with van der Waals surface area (Å²) >= 11 is 18.7. The highest BCUT2D eigenvalue weighted by molar-refractivity contribution is 6.35. The number of benzene rings is 3. The molecule has 8 heteroatoms. The summed E-state index contributed by atoms with van der Waals surface area (Å²) in [5.74, 6) is 0.979. The molecule has 32 heavy (non-hydrogen) atoms. The van der Waals surface area contributed by atoms with Crippen LogP contribution in [0.3, 0.4) is 0 Å². The lowest BCUT2D eigenvalue weighted by Crippen LogP contribution is -2.46. The van der Waals surface area contributed by atoms with Gasteiger partial charge in [-0.05, 0) is 66.2 Å². The Bertz CT molecular complexity index is 1230. The van der Waals surface area contributed by atoms with Gasteiger partial charge in [0.1, 0.15) is 11.5 Å². The largest absolute Gasteiger partial charge is 0.497 e. The third-order valence-corrected chi connectivity index (χ3v) is 6.34. The summed E-state index contributed by atoms with van der Waals surface area (Å²) in [6.07, 6.45) is -0.396. The maximum atomic E-state index is 13.4. The Balaban J connectivity index is 1.57. The van der Waals surface area contributed by atoms with Gasteiger partial charge in [0.2, 0.25) is 5.78 Å². The van der Waals surface area contributed by atoms with Crippen molar-refractivity contribution in [2.45, 2.75) is 18.7 Å². The van der Waals surface area contributed by atoms with Gasteiger partial charge >= 0.3 is 0 Å².